The van der Waals surface area contributed by atoms with Crippen molar-refractivity contribution in [2.45, 2.75) is 37.2 Å². The molecule has 4 rings (SSSR count). The van der Waals surface area contributed by atoms with Crippen LogP contribution in [0.2, 0.25) is 0 Å². The van der Waals surface area contributed by atoms with Gasteiger partial charge >= 0.3 is 0 Å². The molecule has 1 amide bonds. The summed E-state index contributed by atoms with van der Waals surface area (Å²) in [5.41, 5.74) is 2.40. The van der Waals surface area contributed by atoms with Gasteiger partial charge < -0.3 is 15.1 Å². The second-order valence-electron chi connectivity index (χ2n) is 8.19. The molecular formula is C24H28N4O4S. The lowest BCUT2D eigenvalue weighted by molar-refractivity contribution is 0.0954. The van der Waals surface area contributed by atoms with E-state index in [0.717, 1.165) is 5.56 Å². The Morgan fingerprint density at radius 1 is 1.18 bits per heavy atom. The number of benzene rings is 1. The quantitative estimate of drug-likeness (QED) is 0.522. The lowest BCUT2D eigenvalue weighted by Crippen LogP contribution is -2.36. The third kappa shape index (κ3) is 5.66. The molecule has 9 heteroatoms. The minimum atomic E-state index is -3.34. The molecule has 2 N–H and O–H groups in total. The first-order valence-electron chi connectivity index (χ1n) is 11.1. The van der Waals surface area contributed by atoms with Gasteiger partial charge in [-0.1, -0.05) is 18.2 Å². The topological polar surface area (TPSA) is 114 Å². The van der Waals surface area contributed by atoms with Gasteiger partial charge in [-0.2, -0.15) is 0 Å². The number of nitrogens with one attached hydrogen (secondary N) is 2. The van der Waals surface area contributed by atoms with Gasteiger partial charge in [-0.25, -0.2) is 13.4 Å². The molecule has 0 unspecified atom stereocenters. The Morgan fingerprint density at radius 2 is 1.97 bits per heavy atom. The molecule has 2 aromatic heterocycles. The van der Waals surface area contributed by atoms with Crippen molar-refractivity contribution in [3.05, 3.63) is 71.4 Å². The van der Waals surface area contributed by atoms with Gasteiger partial charge in [0.05, 0.1) is 22.3 Å². The molecule has 0 aliphatic carbocycles. The van der Waals surface area contributed by atoms with Crippen LogP contribution in [0.4, 0.5) is 0 Å². The fraction of sp³-hybridized carbons (Fsp3) is 0.375. The first-order valence-corrected chi connectivity index (χ1v) is 12.8. The Labute approximate surface area is 193 Å². The molecule has 0 radical (unpaired) electrons. The van der Waals surface area contributed by atoms with Crippen LogP contribution in [0.15, 0.2) is 53.2 Å². The maximum atomic E-state index is 12.9. The number of carbonyl (C=O) groups excluding carboxylic acids is 1. The minimum Gasteiger partial charge on any atom is -0.441 e. The summed E-state index contributed by atoms with van der Waals surface area (Å²) in [5, 5.41) is 5.75. The third-order valence-corrected chi connectivity index (χ3v) is 8.01. The van der Waals surface area contributed by atoms with Gasteiger partial charge in [0.1, 0.15) is 5.76 Å². The standard InChI is InChI=1S/C24H28N4O4S/c1-17-22(16-33(30,31)19-9-12-25-13-10-19)28-24(32-17)21-7-3-2-6-20(21)23(29)27-14-8-18-5-4-11-26-15-18/h2-7,11,15,19,25H,8-10,12-14,16H2,1H3,(H,27,29). The average molecular weight is 469 g/mol. The Morgan fingerprint density at radius 3 is 2.73 bits per heavy atom. The van der Waals surface area contributed by atoms with Crippen molar-refractivity contribution in [1.29, 1.82) is 0 Å². The smallest absolute Gasteiger partial charge is 0.252 e. The summed E-state index contributed by atoms with van der Waals surface area (Å²) in [6, 6.07) is 10.9. The van der Waals surface area contributed by atoms with Crippen molar-refractivity contribution in [3.63, 3.8) is 0 Å². The average Bonchev–Trinajstić information content (AvgIpc) is 3.19. The predicted octanol–water partition coefficient (Wildman–Crippen LogP) is 2.68. The van der Waals surface area contributed by atoms with E-state index in [0.29, 0.717) is 61.5 Å². The Bertz CT molecular complexity index is 1200. The van der Waals surface area contributed by atoms with E-state index in [-0.39, 0.29) is 22.8 Å². The number of oxazole rings is 1. The summed E-state index contributed by atoms with van der Waals surface area (Å²) in [6.07, 6.45) is 5.36. The van der Waals surface area contributed by atoms with Gasteiger partial charge in [-0.3, -0.25) is 9.78 Å². The van der Waals surface area contributed by atoms with Gasteiger partial charge in [0.15, 0.2) is 9.84 Å². The molecule has 1 saturated heterocycles. The first-order chi connectivity index (χ1) is 15.9. The van der Waals surface area contributed by atoms with Crippen LogP contribution in [0.1, 0.15) is 40.2 Å². The van der Waals surface area contributed by atoms with Gasteiger partial charge in [0.25, 0.3) is 5.91 Å². The summed E-state index contributed by atoms with van der Waals surface area (Å²) < 4.78 is 31.6. The minimum absolute atomic E-state index is 0.160. The highest BCUT2D eigenvalue weighted by Gasteiger charge is 2.29. The molecule has 3 heterocycles. The Hall–Kier alpha value is -3.04. The number of aryl methyl sites for hydroxylation is 1. The number of nitrogens with zero attached hydrogens (tertiary/aromatic N) is 2. The van der Waals surface area contributed by atoms with E-state index in [4.69, 9.17) is 4.42 Å². The van der Waals surface area contributed by atoms with Crippen molar-refractivity contribution in [3.8, 4) is 11.5 Å². The second kappa shape index (κ2) is 10.3. The Balaban J connectivity index is 1.49. The highest BCUT2D eigenvalue weighted by atomic mass is 32.2. The number of aromatic nitrogens is 2. The van der Waals surface area contributed by atoms with Crippen LogP contribution in [0.3, 0.4) is 0 Å². The second-order valence-corrected chi connectivity index (χ2v) is 10.5. The van der Waals surface area contributed by atoms with Gasteiger partial charge in [0, 0.05) is 24.5 Å². The number of hydrogen-bond donors (Lipinski definition) is 2. The van der Waals surface area contributed by atoms with E-state index in [1.54, 1.807) is 43.6 Å². The van der Waals surface area contributed by atoms with E-state index in [2.05, 4.69) is 20.6 Å². The van der Waals surface area contributed by atoms with Crippen LogP contribution in [0.5, 0.6) is 0 Å². The zero-order valence-corrected chi connectivity index (χ0v) is 19.4. The molecule has 0 spiro atoms. The molecule has 174 valence electrons. The highest BCUT2D eigenvalue weighted by Crippen LogP contribution is 2.27. The third-order valence-electron chi connectivity index (χ3n) is 5.85. The fourth-order valence-electron chi connectivity index (χ4n) is 3.97. The van der Waals surface area contributed by atoms with Gasteiger partial charge in [-0.15, -0.1) is 0 Å². The Kier molecular flexibility index (Phi) is 7.20. The maximum Gasteiger partial charge on any atom is 0.252 e. The fourth-order valence-corrected chi connectivity index (χ4v) is 5.81. The SMILES string of the molecule is Cc1oc(-c2ccccc2C(=O)NCCc2cccnc2)nc1CS(=O)(=O)C1CCNCC1. The zero-order chi connectivity index (χ0) is 23.3. The maximum absolute atomic E-state index is 12.9. The van der Waals surface area contributed by atoms with Crippen molar-refractivity contribution in [2.24, 2.45) is 0 Å². The highest BCUT2D eigenvalue weighted by molar-refractivity contribution is 7.91. The summed E-state index contributed by atoms with van der Waals surface area (Å²) in [6.45, 7) is 3.58. The molecule has 0 atom stereocenters. The van der Waals surface area contributed by atoms with Crippen molar-refractivity contribution < 1.29 is 17.6 Å². The molecular weight excluding hydrogens is 440 g/mol. The molecule has 1 aliphatic heterocycles. The number of amides is 1. The number of pyridine rings is 1. The van der Waals surface area contributed by atoms with Crippen LogP contribution >= 0.6 is 0 Å². The summed E-state index contributed by atoms with van der Waals surface area (Å²) >= 11 is 0. The molecule has 1 aliphatic rings. The van der Waals surface area contributed by atoms with Crippen molar-refractivity contribution in [2.75, 3.05) is 19.6 Å². The molecule has 3 aromatic rings. The van der Waals surface area contributed by atoms with E-state index in [1.807, 2.05) is 12.1 Å². The lowest BCUT2D eigenvalue weighted by Gasteiger charge is -2.22. The van der Waals surface area contributed by atoms with Crippen LogP contribution in [0.25, 0.3) is 11.5 Å². The monoisotopic (exact) mass is 468 g/mol. The normalized spacial score (nSPS) is 14.8. The van der Waals surface area contributed by atoms with Gasteiger partial charge in [0.2, 0.25) is 5.89 Å². The molecule has 0 bridgehead atoms. The molecule has 1 fully saturated rings. The predicted molar refractivity (Wildman–Crippen MR) is 125 cm³/mol. The van der Waals surface area contributed by atoms with Crippen LogP contribution in [-0.2, 0) is 22.0 Å². The largest absolute Gasteiger partial charge is 0.441 e. The summed E-state index contributed by atoms with van der Waals surface area (Å²) in [7, 11) is -3.34. The van der Waals surface area contributed by atoms with E-state index in [9.17, 15) is 13.2 Å². The zero-order valence-electron chi connectivity index (χ0n) is 18.6. The van der Waals surface area contributed by atoms with Crippen LogP contribution in [0, 0.1) is 6.92 Å². The molecule has 0 saturated carbocycles. The summed E-state index contributed by atoms with van der Waals surface area (Å²) in [5.74, 6) is 0.302. The number of rotatable bonds is 8. The first kappa shape index (κ1) is 23.1. The van der Waals surface area contributed by atoms with E-state index >= 15 is 0 Å². The van der Waals surface area contributed by atoms with E-state index in [1.165, 1.54) is 0 Å². The molecule has 1 aromatic carbocycles. The molecule has 8 nitrogen and oxygen atoms in total. The van der Waals surface area contributed by atoms with E-state index < -0.39 is 9.84 Å². The molecule has 33 heavy (non-hydrogen) atoms. The number of sulfone groups is 1. The number of carbonyl (C=O) groups is 1. The van der Waals surface area contributed by atoms with Crippen LogP contribution in [-0.4, -0.2) is 49.2 Å². The van der Waals surface area contributed by atoms with Crippen LogP contribution < -0.4 is 10.6 Å². The van der Waals surface area contributed by atoms with Gasteiger partial charge in [-0.05, 0) is 63.0 Å². The van der Waals surface area contributed by atoms with Crippen molar-refractivity contribution in [1.82, 2.24) is 20.6 Å². The number of piperidine rings is 1. The summed E-state index contributed by atoms with van der Waals surface area (Å²) in [4.78, 5) is 21.4. The number of hydrogen-bond acceptors (Lipinski definition) is 7. The van der Waals surface area contributed by atoms with Crippen molar-refractivity contribution >= 4 is 15.7 Å². The lowest BCUT2D eigenvalue weighted by atomic mass is 10.1.